The van der Waals surface area contributed by atoms with Crippen LogP contribution in [0.5, 0.6) is 0 Å². The molecule has 0 spiro atoms. The van der Waals surface area contributed by atoms with Crippen LogP contribution in [0.3, 0.4) is 0 Å². The van der Waals surface area contributed by atoms with Gasteiger partial charge in [0, 0.05) is 0 Å². The van der Waals surface area contributed by atoms with E-state index >= 15 is 0 Å². The number of hydrogen-bond donors (Lipinski definition) is 0. The van der Waals surface area contributed by atoms with Gasteiger partial charge in [-0.05, 0) is 28.8 Å². The van der Waals surface area contributed by atoms with Gasteiger partial charge in [0.25, 0.3) is 0 Å². The van der Waals surface area contributed by atoms with Crippen molar-refractivity contribution in [2.75, 3.05) is 6.61 Å². The molecule has 0 saturated heterocycles. The summed E-state index contributed by atoms with van der Waals surface area (Å²) in [6.45, 7) is 6.04. The lowest BCUT2D eigenvalue weighted by molar-refractivity contribution is -0.149. The maximum Gasteiger partial charge on any atom is 0.331 e. The third-order valence-electron chi connectivity index (χ3n) is 1.93. The van der Waals surface area contributed by atoms with Crippen molar-refractivity contribution in [1.29, 1.82) is 0 Å². The fourth-order valence-corrected chi connectivity index (χ4v) is 1.58. The molecule has 0 amide bonds. The monoisotopic (exact) mass is 275 g/mol. The normalized spacial score (nSPS) is 12.9. The largest absolute Gasteiger partial charge is 0.464 e. The number of nitrogens with zero attached hydrogens (tertiary/aromatic N) is 3. The second-order valence-electron chi connectivity index (χ2n) is 3.43. The van der Waals surface area contributed by atoms with E-state index in [0.717, 1.165) is 0 Å². The molecule has 0 N–H and O–H groups in total. The van der Waals surface area contributed by atoms with Crippen molar-refractivity contribution in [3.63, 3.8) is 0 Å². The second-order valence-corrected chi connectivity index (χ2v) is 4.14. The minimum absolute atomic E-state index is 0.109. The Kier molecular flexibility index (Phi) is 4.26. The summed E-state index contributed by atoms with van der Waals surface area (Å²) in [6, 6.07) is -0.413. The highest BCUT2D eigenvalue weighted by Crippen LogP contribution is 2.19. The summed E-state index contributed by atoms with van der Waals surface area (Å²) in [6.07, 6.45) is 1.52. The quantitative estimate of drug-likeness (QED) is 0.787. The lowest BCUT2D eigenvalue weighted by Gasteiger charge is -2.18. The highest BCUT2D eigenvalue weighted by Gasteiger charge is 2.26. The van der Waals surface area contributed by atoms with E-state index in [4.69, 9.17) is 4.74 Å². The Balaban J connectivity index is 2.88. The van der Waals surface area contributed by atoms with Crippen LogP contribution in [0.25, 0.3) is 0 Å². The molecule has 0 aliphatic heterocycles. The second kappa shape index (κ2) is 5.25. The van der Waals surface area contributed by atoms with Crippen molar-refractivity contribution < 1.29 is 9.53 Å². The molecule has 0 fully saturated rings. The first-order valence-electron chi connectivity index (χ1n) is 4.79. The molecular weight excluding hydrogens is 262 g/mol. The van der Waals surface area contributed by atoms with Crippen LogP contribution < -0.4 is 0 Å². The molecule has 0 aromatic carbocycles. The van der Waals surface area contributed by atoms with E-state index in [1.54, 1.807) is 6.92 Å². The summed E-state index contributed by atoms with van der Waals surface area (Å²) in [5, 5.41) is 4.06. The summed E-state index contributed by atoms with van der Waals surface area (Å²) in [4.78, 5) is 15.6. The third kappa shape index (κ3) is 3.02. The SMILES string of the molecule is CCOC(=O)C(C(C)C)n1cnc(Br)n1. The minimum atomic E-state index is -0.413. The molecule has 84 valence electrons. The van der Waals surface area contributed by atoms with Crippen LogP contribution in [0.1, 0.15) is 26.8 Å². The zero-order valence-corrected chi connectivity index (χ0v) is 10.6. The van der Waals surface area contributed by atoms with Crippen LogP contribution in [0.15, 0.2) is 11.1 Å². The van der Waals surface area contributed by atoms with Crippen molar-refractivity contribution in [3.05, 3.63) is 11.1 Å². The summed E-state index contributed by atoms with van der Waals surface area (Å²) in [5.74, 6) is -0.164. The Bertz CT molecular complexity index is 338. The number of hydrogen-bond acceptors (Lipinski definition) is 4. The van der Waals surface area contributed by atoms with E-state index in [9.17, 15) is 4.79 Å². The molecule has 1 heterocycles. The first-order valence-corrected chi connectivity index (χ1v) is 5.58. The fraction of sp³-hybridized carbons (Fsp3) is 0.667. The van der Waals surface area contributed by atoms with E-state index in [1.165, 1.54) is 11.0 Å². The molecule has 0 bridgehead atoms. The lowest BCUT2D eigenvalue weighted by atomic mass is 10.1. The average molecular weight is 276 g/mol. The smallest absolute Gasteiger partial charge is 0.331 e. The Morgan fingerprint density at radius 1 is 1.67 bits per heavy atom. The van der Waals surface area contributed by atoms with Gasteiger partial charge >= 0.3 is 5.97 Å². The van der Waals surface area contributed by atoms with E-state index in [0.29, 0.717) is 11.3 Å². The number of ether oxygens (including phenoxy) is 1. The maximum absolute atomic E-state index is 11.7. The van der Waals surface area contributed by atoms with Gasteiger partial charge in [-0.2, -0.15) is 0 Å². The van der Waals surface area contributed by atoms with Gasteiger partial charge in [0.2, 0.25) is 4.73 Å². The van der Waals surface area contributed by atoms with Crippen LogP contribution in [0, 0.1) is 5.92 Å². The highest BCUT2D eigenvalue weighted by atomic mass is 79.9. The van der Waals surface area contributed by atoms with Crippen LogP contribution in [0.4, 0.5) is 0 Å². The molecule has 6 heteroatoms. The number of carbonyl (C=O) groups is 1. The van der Waals surface area contributed by atoms with Gasteiger partial charge in [0.05, 0.1) is 6.61 Å². The zero-order chi connectivity index (χ0) is 11.4. The summed E-state index contributed by atoms with van der Waals surface area (Å²) in [5.41, 5.74) is 0. The first-order chi connectivity index (χ1) is 7.06. The van der Waals surface area contributed by atoms with Gasteiger partial charge in [-0.1, -0.05) is 13.8 Å². The number of carbonyl (C=O) groups excluding carboxylic acids is 1. The fourth-order valence-electron chi connectivity index (χ4n) is 1.30. The van der Waals surface area contributed by atoms with E-state index in [-0.39, 0.29) is 11.9 Å². The highest BCUT2D eigenvalue weighted by molar-refractivity contribution is 9.10. The molecule has 0 radical (unpaired) electrons. The number of rotatable bonds is 4. The average Bonchev–Trinajstić information content (AvgIpc) is 2.51. The van der Waals surface area contributed by atoms with Crippen molar-refractivity contribution in [2.24, 2.45) is 5.92 Å². The van der Waals surface area contributed by atoms with Crippen molar-refractivity contribution >= 4 is 21.9 Å². The van der Waals surface area contributed by atoms with Gasteiger partial charge < -0.3 is 4.74 Å². The summed E-state index contributed by atoms with van der Waals surface area (Å²) in [7, 11) is 0. The standard InChI is InChI=1S/C9H14BrN3O2/c1-4-15-8(14)7(6(2)3)13-5-11-9(10)12-13/h5-7H,4H2,1-3H3. The van der Waals surface area contributed by atoms with Crippen LogP contribution in [0.2, 0.25) is 0 Å². The predicted octanol–water partition coefficient (Wildman–Crippen LogP) is 1.80. The maximum atomic E-state index is 11.7. The molecular formula is C9H14BrN3O2. The number of esters is 1. The third-order valence-corrected chi connectivity index (χ3v) is 2.29. The summed E-state index contributed by atoms with van der Waals surface area (Å²) < 4.78 is 6.98. The van der Waals surface area contributed by atoms with E-state index in [2.05, 4.69) is 26.0 Å². The van der Waals surface area contributed by atoms with Gasteiger partial charge in [-0.3, -0.25) is 0 Å². The Morgan fingerprint density at radius 3 is 2.73 bits per heavy atom. The van der Waals surface area contributed by atoms with Crippen LogP contribution >= 0.6 is 15.9 Å². The predicted molar refractivity (Wildman–Crippen MR) is 58.2 cm³/mol. The van der Waals surface area contributed by atoms with E-state index < -0.39 is 6.04 Å². The number of aromatic nitrogens is 3. The molecule has 1 rings (SSSR count). The van der Waals surface area contributed by atoms with Crippen molar-refractivity contribution in [2.45, 2.75) is 26.8 Å². The molecule has 15 heavy (non-hydrogen) atoms. The minimum Gasteiger partial charge on any atom is -0.464 e. The molecule has 0 saturated carbocycles. The topological polar surface area (TPSA) is 57.0 Å². The lowest BCUT2D eigenvalue weighted by Crippen LogP contribution is -2.27. The molecule has 5 nitrogen and oxygen atoms in total. The van der Waals surface area contributed by atoms with E-state index in [1.807, 2.05) is 13.8 Å². The van der Waals surface area contributed by atoms with Crippen molar-refractivity contribution in [1.82, 2.24) is 14.8 Å². The Labute approximate surface area is 97.0 Å². The molecule has 0 aliphatic carbocycles. The van der Waals surface area contributed by atoms with Crippen LogP contribution in [-0.4, -0.2) is 27.3 Å². The molecule has 1 atom stereocenters. The zero-order valence-electron chi connectivity index (χ0n) is 8.98. The molecule has 1 aromatic rings. The van der Waals surface area contributed by atoms with Gasteiger partial charge in [0.15, 0.2) is 6.04 Å². The molecule has 1 unspecified atom stereocenters. The first kappa shape index (κ1) is 12.2. The Morgan fingerprint density at radius 2 is 2.33 bits per heavy atom. The van der Waals surface area contributed by atoms with Crippen molar-refractivity contribution in [3.8, 4) is 0 Å². The van der Waals surface area contributed by atoms with Crippen LogP contribution in [-0.2, 0) is 9.53 Å². The molecule has 0 aliphatic rings. The number of halogens is 1. The Hall–Kier alpha value is -0.910. The van der Waals surface area contributed by atoms with Gasteiger partial charge in [0.1, 0.15) is 6.33 Å². The van der Waals surface area contributed by atoms with Gasteiger partial charge in [-0.25, -0.2) is 14.5 Å². The molecule has 1 aromatic heterocycles. The summed E-state index contributed by atoms with van der Waals surface area (Å²) >= 11 is 3.14. The van der Waals surface area contributed by atoms with Gasteiger partial charge in [-0.15, -0.1) is 5.10 Å².